The first kappa shape index (κ1) is 17.6. The Labute approximate surface area is 147 Å². The quantitative estimate of drug-likeness (QED) is 0.886. The van der Waals surface area contributed by atoms with Crippen LogP contribution < -0.4 is 9.47 Å². The van der Waals surface area contributed by atoms with E-state index in [0.717, 1.165) is 25.7 Å². The fourth-order valence-electron chi connectivity index (χ4n) is 3.68. The van der Waals surface area contributed by atoms with E-state index in [9.17, 15) is 14.7 Å². The summed E-state index contributed by atoms with van der Waals surface area (Å²) in [5.41, 5.74) is 0.434. The van der Waals surface area contributed by atoms with Crippen LogP contribution in [-0.4, -0.2) is 47.7 Å². The highest BCUT2D eigenvalue weighted by atomic mass is 16.5. The number of nitrogens with zero attached hydrogens (tertiary/aromatic N) is 1. The van der Waals surface area contributed by atoms with Crippen LogP contribution in [0.1, 0.15) is 55.3 Å². The molecule has 0 unspecified atom stereocenters. The molecule has 1 saturated heterocycles. The summed E-state index contributed by atoms with van der Waals surface area (Å²) in [5, 5.41) is 9.37. The molecular formula is C19H25NO5. The SMILES string of the molecule is COc1cc(C(=O)N2CCCC[C@@H]2C(=O)O)ccc1OC1CCCC1. The molecule has 6 nitrogen and oxygen atoms in total. The van der Waals surface area contributed by atoms with E-state index in [1.54, 1.807) is 25.3 Å². The van der Waals surface area contributed by atoms with Gasteiger partial charge in [-0.3, -0.25) is 4.79 Å². The van der Waals surface area contributed by atoms with Crippen LogP contribution in [0.2, 0.25) is 0 Å². The van der Waals surface area contributed by atoms with Crippen molar-refractivity contribution in [2.45, 2.75) is 57.1 Å². The highest BCUT2D eigenvalue weighted by Crippen LogP contribution is 2.33. The molecule has 0 spiro atoms. The summed E-state index contributed by atoms with van der Waals surface area (Å²) in [7, 11) is 1.55. The first-order chi connectivity index (χ1) is 12.1. The third-order valence-electron chi connectivity index (χ3n) is 5.06. The van der Waals surface area contributed by atoms with Crippen molar-refractivity contribution in [3.8, 4) is 11.5 Å². The van der Waals surface area contributed by atoms with Crippen LogP contribution >= 0.6 is 0 Å². The Kier molecular flexibility index (Phi) is 5.46. The van der Waals surface area contributed by atoms with Gasteiger partial charge in [0, 0.05) is 12.1 Å². The maximum atomic E-state index is 12.8. The van der Waals surface area contributed by atoms with E-state index in [1.807, 2.05) is 0 Å². The van der Waals surface area contributed by atoms with Gasteiger partial charge in [0.15, 0.2) is 11.5 Å². The summed E-state index contributed by atoms with van der Waals surface area (Å²) in [6.45, 7) is 0.471. The van der Waals surface area contributed by atoms with E-state index in [0.29, 0.717) is 30.0 Å². The Bertz CT molecular complexity index is 639. The highest BCUT2D eigenvalue weighted by molar-refractivity contribution is 5.97. The Morgan fingerprint density at radius 1 is 1.08 bits per heavy atom. The van der Waals surface area contributed by atoms with Crippen LogP contribution in [0.4, 0.5) is 0 Å². The summed E-state index contributed by atoms with van der Waals surface area (Å²) in [6.07, 6.45) is 6.79. The second-order valence-corrected chi connectivity index (χ2v) is 6.74. The van der Waals surface area contributed by atoms with Crippen molar-refractivity contribution in [3.63, 3.8) is 0 Å². The predicted molar refractivity (Wildman–Crippen MR) is 92.2 cm³/mol. The Morgan fingerprint density at radius 2 is 1.80 bits per heavy atom. The number of hydrogen-bond donors (Lipinski definition) is 1. The second-order valence-electron chi connectivity index (χ2n) is 6.74. The number of carboxylic acids is 1. The number of benzene rings is 1. The minimum absolute atomic E-state index is 0.203. The fraction of sp³-hybridized carbons (Fsp3) is 0.579. The minimum Gasteiger partial charge on any atom is -0.493 e. The molecule has 1 saturated carbocycles. The van der Waals surface area contributed by atoms with Gasteiger partial charge in [0.05, 0.1) is 13.2 Å². The highest BCUT2D eigenvalue weighted by Gasteiger charge is 2.32. The maximum absolute atomic E-state index is 12.8. The van der Waals surface area contributed by atoms with Gasteiger partial charge in [-0.2, -0.15) is 0 Å². The lowest BCUT2D eigenvalue weighted by Crippen LogP contribution is -2.47. The summed E-state index contributed by atoms with van der Waals surface area (Å²) in [4.78, 5) is 25.7. The molecule has 0 aromatic heterocycles. The summed E-state index contributed by atoms with van der Waals surface area (Å²) in [5.74, 6) is -0.0555. The molecule has 1 atom stereocenters. The molecule has 1 N–H and O–H groups in total. The average molecular weight is 347 g/mol. The number of likely N-dealkylation sites (tertiary alicyclic amines) is 1. The van der Waals surface area contributed by atoms with Crippen molar-refractivity contribution in [1.29, 1.82) is 0 Å². The largest absolute Gasteiger partial charge is 0.493 e. The van der Waals surface area contributed by atoms with Crippen molar-refractivity contribution < 1.29 is 24.2 Å². The van der Waals surface area contributed by atoms with Crippen LogP contribution in [0.25, 0.3) is 0 Å². The molecule has 1 heterocycles. The normalized spacial score (nSPS) is 21.2. The molecule has 1 aliphatic heterocycles. The summed E-state index contributed by atoms with van der Waals surface area (Å²) in [6, 6.07) is 4.36. The first-order valence-corrected chi connectivity index (χ1v) is 8.98. The van der Waals surface area contributed by atoms with Crippen molar-refractivity contribution in [1.82, 2.24) is 4.90 Å². The number of rotatable bonds is 5. The number of piperidine rings is 1. The molecule has 0 bridgehead atoms. The zero-order valence-electron chi connectivity index (χ0n) is 14.6. The smallest absolute Gasteiger partial charge is 0.326 e. The van der Waals surface area contributed by atoms with E-state index in [1.165, 1.54) is 17.7 Å². The molecule has 136 valence electrons. The van der Waals surface area contributed by atoms with Gasteiger partial charge in [0.1, 0.15) is 6.04 Å². The maximum Gasteiger partial charge on any atom is 0.326 e. The third-order valence-corrected chi connectivity index (χ3v) is 5.06. The Hall–Kier alpha value is -2.24. The number of carbonyl (C=O) groups is 2. The predicted octanol–water partition coefficient (Wildman–Crippen LogP) is 3.10. The number of ether oxygens (including phenoxy) is 2. The van der Waals surface area contributed by atoms with E-state index in [-0.39, 0.29) is 12.0 Å². The Balaban J connectivity index is 1.79. The van der Waals surface area contributed by atoms with Crippen LogP contribution in [0.3, 0.4) is 0 Å². The molecule has 2 fully saturated rings. The molecular weight excluding hydrogens is 322 g/mol. The molecule has 1 amide bonds. The molecule has 1 aromatic rings. The standard InChI is InChI=1S/C19H25NO5/c1-24-17-12-13(9-10-16(17)25-14-6-2-3-7-14)18(21)20-11-5-4-8-15(20)19(22)23/h9-10,12,14-15H,2-8,11H2,1H3,(H,22,23)/t15-/m1/s1. The van der Waals surface area contributed by atoms with Crippen molar-refractivity contribution in [3.05, 3.63) is 23.8 Å². The lowest BCUT2D eigenvalue weighted by Gasteiger charge is -2.33. The van der Waals surface area contributed by atoms with Crippen molar-refractivity contribution >= 4 is 11.9 Å². The number of methoxy groups -OCH3 is 1. The lowest BCUT2D eigenvalue weighted by molar-refractivity contribution is -0.143. The van der Waals surface area contributed by atoms with Crippen LogP contribution in [-0.2, 0) is 4.79 Å². The lowest BCUT2D eigenvalue weighted by atomic mass is 10.0. The van der Waals surface area contributed by atoms with E-state index in [4.69, 9.17) is 9.47 Å². The zero-order valence-corrected chi connectivity index (χ0v) is 14.6. The van der Waals surface area contributed by atoms with Crippen LogP contribution in [0, 0.1) is 0 Å². The number of amides is 1. The minimum atomic E-state index is -0.943. The monoisotopic (exact) mass is 347 g/mol. The average Bonchev–Trinajstić information content (AvgIpc) is 3.14. The summed E-state index contributed by atoms with van der Waals surface area (Å²) < 4.78 is 11.4. The number of aliphatic carboxylic acids is 1. The van der Waals surface area contributed by atoms with E-state index < -0.39 is 12.0 Å². The number of hydrogen-bond acceptors (Lipinski definition) is 4. The van der Waals surface area contributed by atoms with Gasteiger partial charge in [-0.25, -0.2) is 4.79 Å². The molecule has 1 aromatic carbocycles. The van der Waals surface area contributed by atoms with Gasteiger partial charge in [-0.15, -0.1) is 0 Å². The Morgan fingerprint density at radius 3 is 2.48 bits per heavy atom. The van der Waals surface area contributed by atoms with Crippen LogP contribution in [0.15, 0.2) is 18.2 Å². The second kappa shape index (κ2) is 7.76. The van der Waals surface area contributed by atoms with E-state index >= 15 is 0 Å². The van der Waals surface area contributed by atoms with Crippen molar-refractivity contribution in [2.75, 3.05) is 13.7 Å². The van der Waals surface area contributed by atoms with Crippen LogP contribution in [0.5, 0.6) is 11.5 Å². The molecule has 0 radical (unpaired) electrons. The number of carbonyl (C=O) groups excluding carboxylic acids is 1. The zero-order chi connectivity index (χ0) is 17.8. The topological polar surface area (TPSA) is 76.1 Å². The van der Waals surface area contributed by atoms with Crippen molar-refractivity contribution in [2.24, 2.45) is 0 Å². The molecule has 6 heteroatoms. The van der Waals surface area contributed by atoms with Gasteiger partial charge in [-0.05, 0) is 63.1 Å². The van der Waals surface area contributed by atoms with Gasteiger partial charge in [-0.1, -0.05) is 0 Å². The molecule has 2 aliphatic rings. The molecule has 1 aliphatic carbocycles. The third kappa shape index (κ3) is 3.89. The fourth-order valence-corrected chi connectivity index (χ4v) is 3.68. The summed E-state index contributed by atoms with van der Waals surface area (Å²) >= 11 is 0. The number of carboxylic acid groups (broad SMARTS) is 1. The molecule has 25 heavy (non-hydrogen) atoms. The van der Waals surface area contributed by atoms with Gasteiger partial charge >= 0.3 is 5.97 Å². The van der Waals surface area contributed by atoms with Gasteiger partial charge < -0.3 is 19.5 Å². The van der Waals surface area contributed by atoms with E-state index in [2.05, 4.69) is 0 Å². The van der Waals surface area contributed by atoms with Gasteiger partial charge in [0.2, 0.25) is 0 Å². The van der Waals surface area contributed by atoms with Gasteiger partial charge in [0.25, 0.3) is 5.91 Å². The molecule has 3 rings (SSSR count). The first-order valence-electron chi connectivity index (χ1n) is 8.98.